The Labute approximate surface area is 161 Å². The monoisotopic (exact) mass is 372 g/mol. The second-order valence-corrected chi connectivity index (χ2v) is 8.80. The molecule has 6 nitrogen and oxygen atoms in total. The summed E-state index contributed by atoms with van der Waals surface area (Å²) in [5.74, 6) is 1.12. The van der Waals surface area contributed by atoms with Crippen LogP contribution in [0.1, 0.15) is 56.0 Å². The molecule has 0 unspecified atom stereocenters. The highest BCUT2D eigenvalue weighted by Crippen LogP contribution is 2.41. The molecule has 1 aromatic rings. The second kappa shape index (κ2) is 6.95. The van der Waals surface area contributed by atoms with Crippen LogP contribution in [-0.4, -0.2) is 57.6 Å². The average molecular weight is 373 g/mol. The van der Waals surface area contributed by atoms with Crippen LogP contribution in [0.2, 0.25) is 0 Å². The van der Waals surface area contributed by atoms with Crippen molar-refractivity contribution in [2.24, 2.45) is 11.3 Å². The summed E-state index contributed by atoms with van der Waals surface area (Å²) in [5, 5.41) is 4.56. The van der Waals surface area contributed by atoms with Crippen molar-refractivity contribution in [2.75, 3.05) is 26.2 Å². The van der Waals surface area contributed by atoms with Crippen LogP contribution in [0.15, 0.2) is 0 Å². The van der Waals surface area contributed by atoms with Gasteiger partial charge < -0.3 is 9.80 Å². The predicted octanol–water partition coefficient (Wildman–Crippen LogP) is 2.31. The summed E-state index contributed by atoms with van der Waals surface area (Å²) in [5.41, 5.74) is 3.01. The van der Waals surface area contributed by atoms with Crippen LogP contribution in [0.25, 0.3) is 0 Å². The topological polar surface area (TPSA) is 58.4 Å². The van der Waals surface area contributed by atoms with E-state index in [4.69, 9.17) is 0 Å². The summed E-state index contributed by atoms with van der Waals surface area (Å²) in [6.07, 6.45) is 6.28. The molecule has 27 heavy (non-hydrogen) atoms. The number of nitrogens with zero attached hydrogens (tertiary/aromatic N) is 4. The van der Waals surface area contributed by atoms with E-state index in [0.29, 0.717) is 19.0 Å². The number of carbonyl (C=O) groups is 2. The molecule has 2 aliphatic heterocycles. The van der Waals surface area contributed by atoms with Gasteiger partial charge in [0, 0.05) is 31.9 Å². The van der Waals surface area contributed by atoms with E-state index >= 15 is 0 Å². The fourth-order valence-corrected chi connectivity index (χ4v) is 5.03. The lowest BCUT2D eigenvalue weighted by Gasteiger charge is -2.39. The summed E-state index contributed by atoms with van der Waals surface area (Å²) in [6, 6.07) is 0. The van der Waals surface area contributed by atoms with E-state index < -0.39 is 0 Å². The molecule has 2 saturated heterocycles. The highest BCUT2D eigenvalue weighted by atomic mass is 16.2. The first-order valence-electron chi connectivity index (χ1n) is 10.5. The quantitative estimate of drug-likeness (QED) is 0.797. The van der Waals surface area contributed by atoms with E-state index in [1.807, 2.05) is 23.4 Å². The van der Waals surface area contributed by atoms with Crippen molar-refractivity contribution in [1.29, 1.82) is 0 Å². The smallest absolute Gasteiger partial charge is 0.244 e. The van der Waals surface area contributed by atoms with E-state index in [1.165, 1.54) is 18.4 Å². The molecule has 0 N–H and O–H groups in total. The fourth-order valence-electron chi connectivity index (χ4n) is 5.03. The third-order valence-electron chi connectivity index (χ3n) is 6.88. The number of piperidine rings is 1. The minimum Gasteiger partial charge on any atom is -0.342 e. The molecule has 1 aliphatic carbocycles. The lowest BCUT2D eigenvalue weighted by Crippen LogP contribution is -2.51. The van der Waals surface area contributed by atoms with E-state index in [1.54, 1.807) is 0 Å². The van der Waals surface area contributed by atoms with E-state index in [2.05, 4.69) is 16.9 Å². The Morgan fingerprint density at radius 1 is 1.22 bits per heavy atom. The second-order valence-electron chi connectivity index (χ2n) is 8.80. The molecule has 3 heterocycles. The Morgan fingerprint density at radius 3 is 2.67 bits per heavy atom. The van der Waals surface area contributed by atoms with Gasteiger partial charge in [0.2, 0.25) is 11.8 Å². The maximum absolute atomic E-state index is 13.2. The van der Waals surface area contributed by atoms with Crippen LogP contribution < -0.4 is 0 Å². The predicted molar refractivity (Wildman–Crippen MR) is 103 cm³/mol. The van der Waals surface area contributed by atoms with Crippen molar-refractivity contribution in [3.05, 3.63) is 17.0 Å². The van der Waals surface area contributed by atoms with Gasteiger partial charge in [-0.15, -0.1) is 0 Å². The van der Waals surface area contributed by atoms with E-state index in [-0.39, 0.29) is 17.9 Å². The van der Waals surface area contributed by atoms with Crippen LogP contribution in [0.3, 0.4) is 0 Å². The van der Waals surface area contributed by atoms with E-state index in [0.717, 1.165) is 56.1 Å². The molecule has 3 fully saturated rings. The summed E-state index contributed by atoms with van der Waals surface area (Å²) in [4.78, 5) is 30.1. The number of likely N-dealkylation sites (tertiary alicyclic amines) is 2. The Bertz CT molecular complexity index is 752. The summed E-state index contributed by atoms with van der Waals surface area (Å²) >= 11 is 0. The van der Waals surface area contributed by atoms with Crippen molar-refractivity contribution in [3.63, 3.8) is 0 Å². The van der Waals surface area contributed by atoms with Crippen molar-refractivity contribution < 1.29 is 9.59 Å². The molecule has 3 aliphatic rings. The lowest BCUT2D eigenvalue weighted by atomic mass is 9.78. The largest absolute Gasteiger partial charge is 0.342 e. The standard InChI is InChI=1S/C21H32N4O2/c1-4-18-15(2)22-25(16(18)3)13-19(26)24-11-9-21(14-24)8-5-10-23(20(21)27)12-17-6-7-17/h17H,4-14H2,1-3H3/t21-/m1/s1. The highest BCUT2D eigenvalue weighted by Gasteiger charge is 2.49. The molecular weight excluding hydrogens is 340 g/mol. The third kappa shape index (κ3) is 3.39. The van der Waals surface area contributed by atoms with Gasteiger partial charge in [0.15, 0.2) is 0 Å². The zero-order chi connectivity index (χ0) is 19.2. The molecule has 1 spiro atoms. The van der Waals surface area contributed by atoms with E-state index in [9.17, 15) is 9.59 Å². The summed E-state index contributed by atoms with van der Waals surface area (Å²) < 4.78 is 1.84. The molecule has 0 bridgehead atoms. The molecular formula is C21H32N4O2. The molecule has 1 saturated carbocycles. The maximum Gasteiger partial charge on any atom is 0.244 e. The Morgan fingerprint density at radius 2 is 2.00 bits per heavy atom. The maximum atomic E-state index is 13.2. The van der Waals surface area contributed by atoms with Gasteiger partial charge in [0.25, 0.3) is 0 Å². The molecule has 0 radical (unpaired) electrons. The first-order chi connectivity index (χ1) is 12.9. The number of carbonyl (C=O) groups excluding carboxylic acids is 2. The highest BCUT2D eigenvalue weighted by molar-refractivity contribution is 5.86. The zero-order valence-corrected chi connectivity index (χ0v) is 17.0. The average Bonchev–Trinajstić information content (AvgIpc) is 3.29. The number of amides is 2. The molecule has 6 heteroatoms. The lowest BCUT2D eigenvalue weighted by molar-refractivity contribution is -0.146. The van der Waals surface area contributed by atoms with Crippen molar-refractivity contribution in [3.8, 4) is 0 Å². The number of aromatic nitrogens is 2. The Kier molecular flexibility index (Phi) is 4.77. The number of hydrogen-bond acceptors (Lipinski definition) is 3. The number of aryl methyl sites for hydroxylation is 1. The van der Waals surface area contributed by atoms with Crippen LogP contribution >= 0.6 is 0 Å². The van der Waals surface area contributed by atoms with Crippen LogP contribution in [0.4, 0.5) is 0 Å². The van der Waals surface area contributed by atoms with Crippen molar-refractivity contribution in [2.45, 2.75) is 65.8 Å². The minimum atomic E-state index is -0.327. The van der Waals surface area contributed by atoms with Crippen LogP contribution in [0.5, 0.6) is 0 Å². The third-order valence-corrected chi connectivity index (χ3v) is 6.88. The number of rotatable bonds is 5. The molecule has 0 aromatic carbocycles. The molecule has 1 aromatic heterocycles. The van der Waals surface area contributed by atoms with Crippen LogP contribution in [0, 0.1) is 25.2 Å². The van der Waals surface area contributed by atoms with Gasteiger partial charge in [-0.2, -0.15) is 5.10 Å². The van der Waals surface area contributed by atoms with Gasteiger partial charge >= 0.3 is 0 Å². The SMILES string of the molecule is CCc1c(C)nn(CC(=O)N2CC[C@]3(CCCN(CC4CC4)C3=O)C2)c1C. The van der Waals surface area contributed by atoms with Crippen molar-refractivity contribution in [1.82, 2.24) is 19.6 Å². The zero-order valence-electron chi connectivity index (χ0n) is 17.0. The first-order valence-corrected chi connectivity index (χ1v) is 10.5. The Balaban J connectivity index is 1.42. The normalized spacial score (nSPS) is 25.7. The van der Waals surface area contributed by atoms with Gasteiger partial charge in [-0.25, -0.2) is 0 Å². The molecule has 1 atom stereocenters. The minimum absolute atomic E-state index is 0.0900. The van der Waals surface area contributed by atoms with Gasteiger partial charge in [-0.05, 0) is 63.9 Å². The molecule has 4 rings (SSSR count). The van der Waals surface area contributed by atoms with Crippen molar-refractivity contribution >= 4 is 11.8 Å². The van der Waals surface area contributed by atoms with Gasteiger partial charge in [-0.1, -0.05) is 6.92 Å². The first kappa shape index (κ1) is 18.5. The molecule has 148 valence electrons. The van der Waals surface area contributed by atoms with Crippen LogP contribution in [-0.2, 0) is 22.6 Å². The summed E-state index contributed by atoms with van der Waals surface area (Å²) in [6.45, 7) is 9.56. The van der Waals surface area contributed by atoms with Gasteiger partial charge in [-0.3, -0.25) is 14.3 Å². The van der Waals surface area contributed by atoms with Gasteiger partial charge in [0.05, 0.1) is 11.1 Å². The Hall–Kier alpha value is -1.85. The summed E-state index contributed by atoms with van der Waals surface area (Å²) in [7, 11) is 0. The fraction of sp³-hybridized carbons (Fsp3) is 0.762. The number of hydrogen-bond donors (Lipinski definition) is 0. The molecule has 2 amide bonds. The van der Waals surface area contributed by atoms with Gasteiger partial charge in [0.1, 0.15) is 6.54 Å².